The molecule has 0 saturated carbocycles. The van der Waals surface area contributed by atoms with Gasteiger partial charge in [0, 0.05) is 25.2 Å². The van der Waals surface area contributed by atoms with E-state index in [0.717, 1.165) is 30.2 Å². The lowest BCUT2D eigenvalue weighted by atomic mass is 10.1. The van der Waals surface area contributed by atoms with Gasteiger partial charge in [0.2, 0.25) is 0 Å². The molecule has 0 spiro atoms. The van der Waals surface area contributed by atoms with E-state index in [1.54, 1.807) is 0 Å². The Balaban J connectivity index is 2.25. The van der Waals surface area contributed by atoms with Crippen molar-refractivity contribution < 1.29 is 0 Å². The number of hydrogen-bond acceptors (Lipinski definition) is 3. The minimum Gasteiger partial charge on any atom is -0.373 e. The van der Waals surface area contributed by atoms with Crippen LogP contribution in [0.1, 0.15) is 29.6 Å². The van der Waals surface area contributed by atoms with E-state index in [4.69, 9.17) is 0 Å². The van der Waals surface area contributed by atoms with Crippen molar-refractivity contribution in [1.82, 2.24) is 9.97 Å². The second-order valence-electron chi connectivity index (χ2n) is 4.43. The molecule has 0 saturated heterocycles. The van der Waals surface area contributed by atoms with Gasteiger partial charge < -0.3 is 5.32 Å². The Labute approximate surface area is 108 Å². The number of benzene rings is 1. The molecule has 0 aliphatic rings. The molecule has 0 aliphatic heterocycles. The molecular weight excluding hydrogens is 222 g/mol. The first-order chi connectivity index (χ1) is 8.71. The molecule has 1 aromatic heterocycles. The zero-order chi connectivity index (χ0) is 13.0. The molecule has 18 heavy (non-hydrogen) atoms. The number of rotatable bonds is 4. The van der Waals surface area contributed by atoms with Crippen LogP contribution in [0, 0.1) is 6.92 Å². The highest BCUT2D eigenvalue weighted by molar-refractivity contribution is 5.36. The number of anilines is 1. The molecule has 94 valence electrons. The molecule has 0 fully saturated rings. The van der Waals surface area contributed by atoms with Gasteiger partial charge in [0.05, 0.1) is 0 Å². The first kappa shape index (κ1) is 12.6. The number of hydrogen-bond donors (Lipinski definition) is 1. The molecule has 1 N–H and O–H groups in total. The molecule has 0 atom stereocenters. The molecule has 3 heteroatoms. The summed E-state index contributed by atoms with van der Waals surface area (Å²) in [5.74, 6) is 1.77. The van der Waals surface area contributed by atoms with Gasteiger partial charge in [-0.1, -0.05) is 36.8 Å². The van der Waals surface area contributed by atoms with Gasteiger partial charge in [0.15, 0.2) is 0 Å². The van der Waals surface area contributed by atoms with Crippen molar-refractivity contribution in [2.45, 2.75) is 26.7 Å². The van der Waals surface area contributed by atoms with Gasteiger partial charge in [-0.05, 0) is 18.9 Å². The fourth-order valence-corrected chi connectivity index (χ4v) is 1.83. The lowest BCUT2D eigenvalue weighted by Crippen LogP contribution is -2.04. The fraction of sp³-hybridized carbons (Fsp3) is 0.333. The third-order valence-corrected chi connectivity index (χ3v) is 2.93. The summed E-state index contributed by atoms with van der Waals surface area (Å²) in [6.07, 6.45) is 1.71. The predicted molar refractivity (Wildman–Crippen MR) is 74.9 cm³/mol. The summed E-state index contributed by atoms with van der Waals surface area (Å²) < 4.78 is 0. The number of nitrogens with zero attached hydrogens (tertiary/aromatic N) is 2. The van der Waals surface area contributed by atoms with Crippen molar-refractivity contribution in [3.8, 4) is 0 Å². The zero-order valence-corrected chi connectivity index (χ0v) is 11.2. The predicted octanol–water partition coefficient (Wildman–Crippen LogP) is 2.98. The first-order valence-electron chi connectivity index (χ1n) is 6.31. The summed E-state index contributed by atoms with van der Waals surface area (Å²) in [6.45, 7) is 4.20. The largest absolute Gasteiger partial charge is 0.373 e. The van der Waals surface area contributed by atoms with Crippen molar-refractivity contribution >= 4 is 5.82 Å². The minimum atomic E-state index is 0.781. The Kier molecular flexibility index (Phi) is 3.92. The first-order valence-corrected chi connectivity index (χ1v) is 6.31. The average Bonchev–Trinajstić information content (AvgIpc) is 2.41. The molecule has 0 unspecified atom stereocenters. The van der Waals surface area contributed by atoms with E-state index in [1.807, 2.05) is 13.1 Å². The Hall–Kier alpha value is -1.90. The van der Waals surface area contributed by atoms with E-state index in [9.17, 15) is 0 Å². The van der Waals surface area contributed by atoms with Crippen molar-refractivity contribution in [2.24, 2.45) is 0 Å². The maximum Gasteiger partial charge on any atom is 0.135 e. The molecule has 2 rings (SSSR count). The standard InChI is InChI=1S/C15H19N3/c1-4-13-10-14(16-3)18-15(17-13)9-12-7-5-11(2)6-8-12/h5-8,10H,4,9H2,1-3H3,(H,16,17,18). The van der Waals surface area contributed by atoms with Gasteiger partial charge in [-0.2, -0.15) is 0 Å². The Morgan fingerprint density at radius 1 is 1.11 bits per heavy atom. The summed E-state index contributed by atoms with van der Waals surface area (Å²) in [5.41, 5.74) is 3.60. The third-order valence-electron chi connectivity index (χ3n) is 2.93. The second-order valence-corrected chi connectivity index (χ2v) is 4.43. The molecular formula is C15H19N3. The van der Waals surface area contributed by atoms with Crippen LogP contribution in [0.5, 0.6) is 0 Å². The summed E-state index contributed by atoms with van der Waals surface area (Å²) in [4.78, 5) is 9.06. The minimum absolute atomic E-state index is 0.781. The summed E-state index contributed by atoms with van der Waals surface area (Å²) in [7, 11) is 1.89. The Morgan fingerprint density at radius 2 is 1.83 bits per heavy atom. The van der Waals surface area contributed by atoms with Crippen LogP contribution in [0.15, 0.2) is 30.3 Å². The average molecular weight is 241 g/mol. The Bertz CT molecular complexity index is 496. The van der Waals surface area contributed by atoms with E-state index >= 15 is 0 Å². The van der Waals surface area contributed by atoms with Crippen molar-refractivity contribution in [3.63, 3.8) is 0 Å². The number of nitrogens with one attached hydrogen (secondary N) is 1. The van der Waals surface area contributed by atoms with E-state index in [-0.39, 0.29) is 0 Å². The van der Waals surface area contributed by atoms with Crippen LogP contribution in [-0.4, -0.2) is 17.0 Å². The number of aryl methyl sites for hydroxylation is 2. The maximum atomic E-state index is 4.57. The summed E-state index contributed by atoms with van der Waals surface area (Å²) in [6, 6.07) is 10.5. The lowest BCUT2D eigenvalue weighted by Gasteiger charge is -2.07. The summed E-state index contributed by atoms with van der Waals surface area (Å²) >= 11 is 0. The lowest BCUT2D eigenvalue weighted by molar-refractivity contribution is 0.907. The Morgan fingerprint density at radius 3 is 2.44 bits per heavy atom. The summed E-state index contributed by atoms with van der Waals surface area (Å²) in [5, 5.41) is 3.09. The van der Waals surface area contributed by atoms with Gasteiger partial charge >= 0.3 is 0 Å². The van der Waals surface area contributed by atoms with Crippen LogP contribution in [0.25, 0.3) is 0 Å². The second kappa shape index (κ2) is 5.63. The normalized spacial score (nSPS) is 10.4. The van der Waals surface area contributed by atoms with Crippen molar-refractivity contribution in [1.29, 1.82) is 0 Å². The van der Waals surface area contributed by atoms with Gasteiger partial charge in [-0.3, -0.25) is 0 Å². The highest BCUT2D eigenvalue weighted by atomic mass is 15.0. The van der Waals surface area contributed by atoms with Crippen LogP contribution in [-0.2, 0) is 12.8 Å². The molecule has 0 radical (unpaired) electrons. The van der Waals surface area contributed by atoms with E-state index in [2.05, 4.69) is 53.4 Å². The molecule has 0 aliphatic carbocycles. The molecule has 1 heterocycles. The molecule has 0 amide bonds. The van der Waals surface area contributed by atoms with Crippen molar-refractivity contribution in [3.05, 3.63) is 53.0 Å². The van der Waals surface area contributed by atoms with E-state index < -0.39 is 0 Å². The van der Waals surface area contributed by atoms with Crippen LogP contribution in [0.4, 0.5) is 5.82 Å². The quantitative estimate of drug-likeness (QED) is 0.894. The van der Waals surface area contributed by atoms with Gasteiger partial charge in [-0.15, -0.1) is 0 Å². The maximum absolute atomic E-state index is 4.57. The molecule has 2 aromatic rings. The van der Waals surface area contributed by atoms with Crippen LogP contribution >= 0.6 is 0 Å². The van der Waals surface area contributed by atoms with Gasteiger partial charge in [0.25, 0.3) is 0 Å². The SMILES string of the molecule is CCc1cc(NC)nc(Cc2ccc(C)cc2)n1. The molecule has 0 bridgehead atoms. The van der Waals surface area contributed by atoms with Crippen molar-refractivity contribution in [2.75, 3.05) is 12.4 Å². The van der Waals surface area contributed by atoms with E-state index in [0.29, 0.717) is 0 Å². The topological polar surface area (TPSA) is 37.8 Å². The molecule has 3 nitrogen and oxygen atoms in total. The highest BCUT2D eigenvalue weighted by Gasteiger charge is 2.04. The van der Waals surface area contributed by atoms with Gasteiger partial charge in [0.1, 0.15) is 11.6 Å². The van der Waals surface area contributed by atoms with E-state index in [1.165, 1.54) is 11.1 Å². The van der Waals surface area contributed by atoms with Crippen LogP contribution < -0.4 is 5.32 Å². The third kappa shape index (κ3) is 3.06. The zero-order valence-electron chi connectivity index (χ0n) is 11.2. The van der Waals surface area contributed by atoms with Gasteiger partial charge in [-0.25, -0.2) is 9.97 Å². The highest BCUT2D eigenvalue weighted by Crippen LogP contribution is 2.11. The number of aromatic nitrogens is 2. The van der Waals surface area contributed by atoms with Crippen LogP contribution in [0.2, 0.25) is 0 Å². The fourth-order valence-electron chi connectivity index (χ4n) is 1.83. The smallest absolute Gasteiger partial charge is 0.135 e. The monoisotopic (exact) mass is 241 g/mol. The molecule has 1 aromatic carbocycles. The van der Waals surface area contributed by atoms with Crippen LogP contribution in [0.3, 0.4) is 0 Å².